The molecule has 3 heterocycles. The average molecular weight is 491 g/mol. The zero-order chi connectivity index (χ0) is 25.0. The summed E-state index contributed by atoms with van der Waals surface area (Å²) in [5.74, 6) is 0.296. The molecule has 9 nitrogen and oxygen atoms in total. The zero-order valence-electron chi connectivity index (χ0n) is 21.7. The lowest BCUT2D eigenvalue weighted by atomic mass is 10.0. The van der Waals surface area contributed by atoms with Gasteiger partial charge in [-0.25, -0.2) is 15.0 Å². The second kappa shape index (κ2) is 14.7. The van der Waals surface area contributed by atoms with Gasteiger partial charge in [0.15, 0.2) is 17.7 Å². The summed E-state index contributed by atoms with van der Waals surface area (Å²) in [6.45, 7) is 6.12. The molecule has 0 aromatic carbocycles. The Bertz CT molecular complexity index is 847. The number of nitrogen functional groups attached to an aromatic ring is 1. The van der Waals surface area contributed by atoms with Gasteiger partial charge >= 0.3 is 0 Å². The maximum atomic E-state index is 11.5. The molecule has 1 fully saturated rings. The van der Waals surface area contributed by atoms with Gasteiger partial charge in [0.05, 0.1) is 19.0 Å². The predicted molar refractivity (Wildman–Crippen MR) is 139 cm³/mol. The zero-order valence-corrected chi connectivity index (χ0v) is 21.7. The normalized spacial score (nSPS) is 22.5. The molecule has 0 aliphatic carbocycles. The van der Waals surface area contributed by atoms with Crippen LogP contribution in [0.1, 0.15) is 97.1 Å². The largest absolute Gasteiger partial charge is 0.394 e. The molecule has 0 saturated carbocycles. The van der Waals surface area contributed by atoms with Gasteiger partial charge in [0.25, 0.3) is 0 Å². The monoisotopic (exact) mass is 490 g/mol. The first-order valence-electron chi connectivity index (χ1n) is 13.7. The summed E-state index contributed by atoms with van der Waals surface area (Å²) >= 11 is 0. The first kappa shape index (κ1) is 27.8. The number of ether oxygens (including phenoxy) is 1. The highest BCUT2D eigenvalue weighted by Crippen LogP contribution is 2.35. The fraction of sp³-hybridized carbons (Fsp3) is 0.808. The SMILES string of the molecule is CCCCCCCCN(CCCCCCCC)[C@H]1[C@@H](O)[C@H](n2cnc3c(N)ncnc32)O[C@@H]1CO. The number of aromatic nitrogens is 4. The number of imidazole rings is 1. The summed E-state index contributed by atoms with van der Waals surface area (Å²) in [4.78, 5) is 15.0. The van der Waals surface area contributed by atoms with Crippen LogP contribution in [-0.2, 0) is 4.74 Å². The lowest BCUT2D eigenvalue weighted by molar-refractivity contribution is -0.0499. The maximum Gasteiger partial charge on any atom is 0.167 e. The highest BCUT2D eigenvalue weighted by Gasteiger charge is 2.47. The summed E-state index contributed by atoms with van der Waals surface area (Å²) in [5.41, 5.74) is 6.96. The van der Waals surface area contributed by atoms with E-state index in [-0.39, 0.29) is 12.6 Å². The van der Waals surface area contributed by atoms with Crippen molar-refractivity contribution in [3.63, 3.8) is 0 Å². The van der Waals surface area contributed by atoms with E-state index in [1.165, 1.54) is 70.5 Å². The molecular formula is C26H46N6O3. The summed E-state index contributed by atoms with van der Waals surface area (Å²) in [6.07, 6.45) is 15.7. The Morgan fingerprint density at radius 3 is 2.11 bits per heavy atom. The Kier molecular flexibility index (Phi) is 11.6. The molecule has 0 unspecified atom stereocenters. The topological polar surface area (TPSA) is 123 Å². The van der Waals surface area contributed by atoms with Gasteiger partial charge in [0.2, 0.25) is 0 Å². The molecule has 1 saturated heterocycles. The third-order valence-electron chi connectivity index (χ3n) is 7.20. The summed E-state index contributed by atoms with van der Waals surface area (Å²) in [6, 6.07) is -0.284. The van der Waals surface area contributed by atoms with Crippen LogP contribution < -0.4 is 5.73 Å². The number of hydrogen-bond donors (Lipinski definition) is 3. The fourth-order valence-corrected chi connectivity index (χ4v) is 5.22. The maximum absolute atomic E-state index is 11.5. The number of hydrogen-bond acceptors (Lipinski definition) is 8. The van der Waals surface area contributed by atoms with E-state index in [0.717, 1.165) is 25.9 Å². The Morgan fingerprint density at radius 2 is 1.51 bits per heavy atom. The third kappa shape index (κ3) is 7.35. The Morgan fingerprint density at radius 1 is 0.914 bits per heavy atom. The smallest absolute Gasteiger partial charge is 0.167 e. The number of aliphatic hydroxyl groups excluding tert-OH is 2. The van der Waals surface area contributed by atoms with Gasteiger partial charge in [-0.2, -0.15) is 0 Å². The Balaban J connectivity index is 1.69. The molecule has 2 aromatic rings. The van der Waals surface area contributed by atoms with Crippen molar-refractivity contribution in [1.82, 2.24) is 24.4 Å². The van der Waals surface area contributed by atoms with E-state index in [0.29, 0.717) is 17.0 Å². The molecule has 3 rings (SSSR count). The minimum absolute atomic E-state index is 0.147. The van der Waals surface area contributed by atoms with Crippen LogP contribution in [0.4, 0.5) is 5.82 Å². The standard InChI is InChI=1S/C26H46N6O3/c1-3-5-7-9-11-13-15-31(16-14-12-10-8-6-4-2)22-20(17-33)35-26(23(22)34)32-19-30-21-24(27)28-18-29-25(21)32/h18-20,22-23,26,33-34H,3-17H2,1-2H3,(H2,27,28,29)/t20-,22-,23-,26-/m1/s1. The second-order valence-corrected chi connectivity index (χ2v) is 9.88. The highest BCUT2D eigenvalue weighted by molar-refractivity contribution is 5.81. The van der Waals surface area contributed by atoms with Crippen molar-refractivity contribution in [3.8, 4) is 0 Å². The molecule has 9 heteroatoms. The van der Waals surface area contributed by atoms with Gasteiger partial charge in [-0.1, -0.05) is 78.1 Å². The van der Waals surface area contributed by atoms with Gasteiger partial charge in [0.1, 0.15) is 24.1 Å². The van der Waals surface area contributed by atoms with Crippen molar-refractivity contribution >= 4 is 17.0 Å². The Labute approximate surface area is 210 Å². The second-order valence-electron chi connectivity index (χ2n) is 9.88. The van der Waals surface area contributed by atoms with Crippen LogP contribution in [-0.4, -0.2) is 72.6 Å². The summed E-state index contributed by atoms with van der Waals surface area (Å²) < 4.78 is 7.92. The lowest BCUT2D eigenvalue weighted by Gasteiger charge is -2.33. The highest BCUT2D eigenvalue weighted by atomic mass is 16.5. The van der Waals surface area contributed by atoms with E-state index in [1.807, 2.05) is 0 Å². The molecular weight excluding hydrogens is 444 g/mol. The number of nitrogens with two attached hydrogens (primary N) is 1. The molecule has 198 valence electrons. The van der Waals surface area contributed by atoms with Crippen LogP contribution in [0.2, 0.25) is 0 Å². The molecule has 35 heavy (non-hydrogen) atoms. The van der Waals surface area contributed by atoms with Crippen molar-refractivity contribution in [2.75, 3.05) is 25.4 Å². The molecule has 0 amide bonds. The first-order valence-corrected chi connectivity index (χ1v) is 13.7. The van der Waals surface area contributed by atoms with Crippen LogP contribution in [0.25, 0.3) is 11.2 Å². The van der Waals surface area contributed by atoms with E-state index in [4.69, 9.17) is 10.5 Å². The van der Waals surface area contributed by atoms with Crippen molar-refractivity contribution in [1.29, 1.82) is 0 Å². The van der Waals surface area contributed by atoms with Crippen LogP contribution in [0.3, 0.4) is 0 Å². The van der Waals surface area contributed by atoms with Crippen LogP contribution in [0.5, 0.6) is 0 Å². The van der Waals surface area contributed by atoms with Gasteiger partial charge in [0, 0.05) is 0 Å². The minimum atomic E-state index is -0.819. The summed E-state index contributed by atoms with van der Waals surface area (Å²) in [5, 5.41) is 21.6. The van der Waals surface area contributed by atoms with Crippen molar-refractivity contribution in [2.24, 2.45) is 0 Å². The van der Waals surface area contributed by atoms with E-state index >= 15 is 0 Å². The fourth-order valence-electron chi connectivity index (χ4n) is 5.22. The Hall–Kier alpha value is -1.81. The number of unbranched alkanes of at least 4 members (excludes halogenated alkanes) is 10. The van der Waals surface area contributed by atoms with E-state index in [9.17, 15) is 10.2 Å². The number of nitrogens with zero attached hydrogens (tertiary/aromatic N) is 5. The van der Waals surface area contributed by atoms with Crippen molar-refractivity contribution in [3.05, 3.63) is 12.7 Å². The van der Waals surface area contributed by atoms with Gasteiger partial charge in [-0.05, 0) is 25.9 Å². The van der Waals surface area contributed by atoms with E-state index in [2.05, 4.69) is 33.7 Å². The third-order valence-corrected chi connectivity index (χ3v) is 7.20. The van der Waals surface area contributed by atoms with E-state index < -0.39 is 18.4 Å². The van der Waals surface area contributed by atoms with Crippen LogP contribution >= 0.6 is 0 Å². The molecule has 0 radical (unpaired) electrons. The number of rotatable bonds is 17. The van der Waals surface area contributed by atoms with Crippen LogP contribution in [0.15, 0.2) is 12.7 Å². The molecule has 0 bridgehead atoms. The minimum Gasteiger partial charge on any atom is -0.394 e. The first-order chi connectivity index (χ1) is 17.1. The molecule has 0 spiro atoms. The number of fused-ring (bicyclic) bond motifs is 1. The van der Waals surface area contributed by atoms with E-state index in [1.54, 1.807) is 10.9 Å². The quantitative estimate of drug-likeness (QED) is 0.284. The van der Waals surface area contributed by atoms with Crippen LogP contribution in [0, 0.1) is 0 Å². The molecule has 4 N–H and O–H groups in total. The summed E-state index contributed by atoms with van der Waals surface area (Å²) in [7, 11) is 0. The number of anilines is 1. The van der Waals surface area contributed by atoms with Crippen molar-refractivity contribution < 1.29 is 14.9 Å². The number of aliphatic hydroxyl groups is 2. The van der Waals surface area contributed by atoms with Gasteiger partial charge in [-0.15, -0.1) is 0 Å². The van der Waals surface area contributed by atoms with Gasteiger partial charge < -0.3 is 20.7 Å². The average Bonchev–Trinajstić information content (AvgIpc) is 3.43. The molecule has 4 atom stereocenters. The predicted octanol–water partition coefficient (Wildman–Crippen LogP) is 4.05. The van der Waals surface area contributed by atoms with Crippen molar-refractivity contribution in [2.45, 2.75) is 115 Å². The molecule has 1 aliphatic heterocycles. The van der Waals surface area contributed by atoms with Gasteiger partial charge in [-0.3, -0.25) is 9.47 Å². The molecule has 2 aromatic heterocycles. The lowest BCUT2D eigenvalue weighted by Crippen LogP contribution is -2.49. The molecule has 1 aliphatic rings.